The molecule has 0 atom stereocenters. The summed E-state index contributed by atoms with van der Waals surface area (Å²) in [4.78, 5) is 0. The number of hydrogen-bond donors (Lipinski definition) is 2. The highest BCUT2D eigenvalue weighted by atomic mass is 35.7. The largest absolute Gasteiger partial charge is 0.353 e. The zero-order valence-corrected chi connectivity index (χ0v) is 13.4. The Kier molecular flexibility index (Phi) is 11.6. The number of rotatable bonds is 3. The van der Waals surface area contributed by atoms with Gasteiger partial charge in [-0.05, 0) is 27.7 Å². The van der Waals surface area contributed by atoms with Gasteiger partial charge in [-0.2, -0.15) is 0 Å². The first-order valence-corrected chi connectivity index (χ1v) is 7.62. The predicted octanol–water partition coefficient (Wildman–Crippen LogP) is -9.70. The average molecular weight is 345 g/mol. The van der Waals surface area contributed by atoms with E-state index in [1.165, 1.54) is 0 Å². The minimum atomic E-state index is -4.94. The van der Waals surface area contributed by atoms with E-state index in [1.54, 1.807) is 0 Å². The first-order chi connectivity index (χ1) is 8.21. The molecule has 0 aliphatic carbocycles. The van der Waals surface area contributed by atoms with E-state index in [4.69, 9.17) is 37.3 Å². The Hall–Kier alpha value is 0.180. The van der Waals surface area contributed by atoms with E-state index in [2.05, 4.69) is 39.2 Å². The van der Waals surface area contributed by atoms with Crippen LogP contribution in [0, 0.1) is 20.5 Å². The molecule has 0 fully saturated rings. The van der Waals surface area contributed by atoms with Gasteiger partial charge in [0.1, 0.15) is 0 Å². The maximum Gasteiger partial charge on any atom is 0.0891 e. The van der Waals surface area contributed by atoms with Crippen LogP contribution in [0.15, 0.2) is 0 Å². The van der Waals surface area contributed by atoms with Gasteiger partial charge in [-0.25, -0.2) is 37.3 Å². The maximum atomic E-state index is 8.49. The lowest BCUT2D eigenvalue weighted by molar-refractivity contribution is -2.00. The Morgan fingerprint density at radius 3 is 0.750 bits per heavy atom. The highest BCUT2D eigenvalue weighted by Crippen LogP contribution is 2.11. The van der Waals surface area contributed by atoms with Gasteiger partial charge in [0.15, 0.2) is 0 Å². The van der Waals surface area contributed by atoms with E-state index >= 15 is 0 Å². The summed E-state index contributed by atoms with van der Waals surface area (Å²) in [6, 6.07) is 0. The first kappa shape index (κ1) is 25.2. The van der Waals surface area contributed by atoms with Crippen molar-refractivity contribution in [2.24, 2.45) is 0 Å². The van der Waals surface area contributed by atoms with Crippen LogP contribution in [0.5, 0.6) is 0 Å². The molecule has 0 aromatic rings. The Bertz CT molecular complexity index is 203. The predicted molar refractivity (Wildman–Crippen MR) is 43.2 cm³/mol. The van der Waals surface area contributed by atoms with Crippen molar-refractivity contribution in [3.63, 3.8) is 0 Å². The van der Waals surface area contributed by atoms with Crippen molar-refractivity contribution in [3.8, 4) is 0 Å². The molecular weight excluding hydrogens is 323 g/mol. The van der Waals surface area contributed by atoms with Gasteiger partial charge in [0, 0.05) is 12.8 Å². The van der Waals surface area contributed by atoms with Crippen LogP contribution < -0.4 is 48.7 Å². The van der Waals surface area contributed by atoms with Crippen molar-refractivity contribution < 1.29 is 69.2 Å². The molecule has 0 aliphatic heterocycles. The van der Waals surface area contributed by atoms with Gasteiger partial charge in [-0.3, -0.25) is 0 Å². The summed E-state index contributed by atoms with van der Waals surface area (Å²) < 4.78 is 67.9. The molecule has 0 heterocycles. The van der Waals surface area contributed by atoms with Gasteiger partial charge in [0.2, 0.25) is 0 Å². The average Bonchev–Trinajstić information content (AvgIpc) is 1.90. The lowest BCUT2D eigenvalue weighted by Gasteiger charge is -2.20. The second-order valence-corrected chi connectivity index (χ2v) is 7.10. The summed E-state index contributed by atoms with van der Waals surface area (Å²) in [6.07, 6.45) is 2.31. The number of hydrogen-bond acceptors (Lipinski definition) is 8. The van der Waals surface area contributed by atoms with Crippen molar-refractivity contribution in [2.75, 3.05) is 0 Å². The Balaban J connectivity index is -0.000000244. The summed E-state index contributed by atoms with van der Waals surface area (Å²) >= 11 is 0. The zero-order valence-electron chi connectivity index (χ0n) is 11.9. The molecule has 20 heavy (non-hydrogen) atoms. The molecule has 0 spiro atoms. The van der Waals surface area contributed by atoms with Crippen LogP contribution in [0.2, 0.25) is 0 Å². The summed E-state index contributed by atoms with van der Waals surface area (Å²) in [5.41, 5.74) is 8.53. The fourth-order valence-electron chi connectivity index (χ4n) is 0.677. The normalized spacial score (nSPS) is 12.9. The zero-order chi connectivity index (χ0) is 17.4. The lowest BCUT2D eigenvalue weighted by atomic mass is 9.91. The van der Waals surface area contributed by atoms with Gasteiger partial charge < -0.3 is 11.5 Å². The van der Waals surface area contributed by atoms with Crippen molar-refractivity contribution in [2.45, 2.75) is 51.6 Å². The molecule has 0 rings (SSSR count). The van der Waals surface area contributed by atoms with Crippen molar-refractivity contribution in [1.29, 1.82) is 0 Å². The standard InChI is InChI=1S/C8H20N2.2ClHO4/c1-7(2,9)5-6-8(3,4)10;2*2-1(3,4)5/h5-6,9-10H2,1-4H3;2*(H,2,3,4,5). The van der Waals surface area contributed by atoms with Gasteiger partial charge in [0.05, 0.1) is 11.1 Å². The molecule has 0 saturated carbocycles. The van der Waals surface area contributed by atoms with Crippen LogP contribution in [-0.2, 0) is 0 Å². The fourth-order valence-corrected chi connectivity index (χ4v) is 0.677. The molecule has 0 radical (unpaired) electrons. The van der Waals surface area contributed by atoms with Crippen LogP contribution in [-0.4, -0.2) is 11.1 Å². The van der Waals surface area contributed by atoms with E-state index in [0.717, 1.165) is 12.8 Å². The van der Waals surface area contributed by atoms with E-state index in [-0.39, 0.29) is 11.1 Å². The molecule has 12 heteroatoms. The minimum Gasteiger partial charge on any atom is -0.353 e. The third-order valence-electron chi connectivity index (χ3n) is 1.48. The maximum absolute atomic E-state index is 8.49. The Morgan fingerprint density at radius 1 is 0.600 bits per heavy atom. The molecule has 0 aromatic heterocycles. The summed E-state index contributed by atoms with van der Waals surface area (Å²) in [7, 11) is -9.89. The molecule has 0 aromatic carbocycles. The first-order valence-electron chi connectivity index (χ1n) is 5.15. The Morgan fingerprint density at radius 2 is 0.700 bits per heavy atom. The summed E-state index contributed by atoms with van der Waals surface area (Å²) in [6.45, 7) is 8.66. The molecule has 10 nitrogen and oxygen atoms in total. The third-order valence-corrected chi connectivity index (χ3v) is 1.48. The number of halogens is 2. The smallest absolute Gasteiger partial charge is 0.0891 e. The van der Waals surface area contributed by atoms with E-state index in [1.807, 2.05) is 0 Å². The SMILES string of the molecule is CC(C)([NH3+])CCC(C)(C)[NH3+].[O-][Cl+3]([O-])([O-])[O-].[O-][Cl+3]([O-])([O-])[O-]. The fraction of sp³-hybridized carbons (Fsp3) is 1.00. The second kappa shape index (κ2) is 9.25. The Labute approximate surface area is 121 Å². The van der Waals surface area contributed by atoms with Gasteiger partial charge in [-0.1, -0.05) is 0 Å². The van der Waals surface area contributed by atoms with E-state index in [0.29, 0.717) is 0 Å². The van der Waals surface area contributed by atoms with Crippen molar-refractivity contribution >= 4 is 0 Å². The monoisotopic (exact) mass is 344 g/mol. The van der Waals surface area contributed by atoms with Gasteiger partial charge >= 0.3 is 0 Å². The summed E-state index contributed by atoms with van der Waals surface area (Å²) in [5, 5.41) is 0. The minimum absolute atomic E-state index is 0.217. The molecular formula is C8H22Cl2N2O8. The molecule has 6 N–H and O–H groups in total. The molecule has 0 saturated heterocycles. The van der Waals surface area contributed by atoms with Crippen LogP contribution in [0.4, 0.5) is 0 Å². The lowest BCUT2D eigenvalue weighted by Crippen LogP contribution is -2.73. The van der Waals surface area contributed by atoms with Crippen molar-refractivity contribution in [3.05, 3.63) is 0 Å². The molecule has 0 amide bonds. The molecule has 0 aliphatic rings. The quantitative estimate of drug-likeness (QED) is 0.496. The molecule has 0 bridgehead atoms. The van der Waals surface area contributed by atoms with E-state index < -0.39 is 20.5 Å². The van der Waals surface area contributed by atoms with Crippen LogP contribution in [0.1, 0.15) is 40.5 Å². The molecule has 0 unspecified atom stereocenters. The van der Waals surface area contributed by atoms with E-state index in [9.17, 15) is 0 Å². The van der Waals surface area contributed by atoms with Crippen molar-refractivity contribution in [1.82, 2.24) is 0 Å². The van der Waals surface area contributed by atoms with Crippen LogP contribution >= 0.6 is 0 Å². The highest BCUT2D eigenvalue weighted by molar-refractivity contribution is 4.70. The van der Waals surface area contributed by atoms with Crippen LogP contribution in [0.3, 0.4) is 0 Å². The third kappa shape index (κ3) is 104. The molecule has 126 valence electrons. The number of quaternary nitrogens is 2. The van der Waals surface area contributed by atoms with Gasteiger partial charge in [-0.15, -0.1) is 20.5 Å². The second-order valence-electron chi connectivity index (χ2n) is 5.58. The summed E-state index contributed by atoms with van der Waals surface area (Å²) in [5.74, 6) is 0. The topological polar surface area (TPSA) is 240 Å². The highest BCUT2D eigenvalue weighted by Gasteiger charge is 2.22. The van der Waals surface area contributed by atoms with Crippen LogP contribution in [0.25, 0.3) is 0 Å². The van der Waals surface area contributed by atoms with Gasteiger partial charge in [0.25, 0.3) is 0 Å².